The van der Waals surface area contributed by atoms with Gasteiger partial charge in [-0.25, -0.2) is 9.37 Å². The maximum atomic E-state index is 13.5. The number of nitrogens with one attached hydrogen (secondary N) is 1. The van der Waals surface area contributed by atoms with Gasteiger partial charge in [-0.3, -0.25) is 9.78 Å². The van der Waals surface area contributed by atoms with Crippen LogP contribution in [0.1, 0.15) is 32.1 Å². The first-order valence-corrected chi connectivity index (χ1v) is 11.5. The summed E-state index contributed by atoms with van der Waals surface area (Å²) in [5.74, 6) is 0.754. The van der Waals surface area contributed by atoms with Crippen LogP contribution >= 0.6 is 0 Å². The first kappa shape index (κ1) is 22.6. The van der Waals surface area contributed by atoms with Gasteiger partial charge in [0.2, 0.25) is 5.88 Å². The molecule has 5 rings (SSSR count). The van der Waals surface area contributed by atoms with Crippen LogP contribution in [-0.2, 0) is 4.79 Å². The Balaban J connectivity index is 1.20. The third-order valence-corrected chi connectivity index (χ3v) is 6.20. The van der Waals surface area contributed by atoms with E-state index < -0.39 is 5.97 Å². The second-order valence-corrected chi connectivity index (χ2v) is 8.71. The number of H-pyrrole nitrogens is 1. The molecule has 9 heteroatoms. The predicted molar refractivity (Wildman–Crippen MR) is 127 cm³/mol. The quantitative estimate of drug-likeness (QED) is 0.382. The SMILES string of the molecule is O=C(O)C[C@H]1CC[C@@H](Oc2ccc(-c3ccc(-c4nnc(-c5cccc(F)c5)[nH]4)cn3)cn2)CC1. The molecule has 0 amide bonds. The van der Waals surface area contributed by atoms with E-state index in [9.17, 15) is 9.18 Å². The lowest BCUT2D eigenvalue weighted by molar-refractivity contribution is -0.138. The van der Waals surface area contributed by atoms with Gasteiger partial charge in [-0.1, -0.05) is 12.1 Å². The minimum Gasteiger partial charge on any atom is -0.481 e. The monoisotopic (exact) mass is 473 g/mol. The Kier molecular flexibility index (Phi) is 6.47. The van der Waals surface area contributed by atoms with E-state index >= 15 is 0 Å². The molecule has 0 spiro atoms. The number of hydrogen-bond acceptors (Lipinski definition) is 6. The van der Waals surface area contributed by atoms with Gasteiger partial charge in [0.15, 0.2) is 11.6 Å². The molecule has 4 aromatic rings. The number of carboxylic acids is 1. The summed E-state index contributed by atoms with van der Waals surface area (Å²) in [7, 11) is 0. The zero-order valence-electron chi connectivity index (χ0n) is 18.9. The Labute approximate surface area is 201 Å². The largest absolute Gasteiger partial charge is 0.481 e. The summed E-state index contributed by atoms with van der Waals surface area (Å²) in [4.78, 5) is 22.9. The molecule has 0 bridgehead atoms. The van der Waals surface area contributed by atoms with Crippen molar-refractivity contribution in [3.8, 4) is 39.9 Å². The van der Waals surface area contributed by atoms with E-state index in [0.29, 0.717) is 23.1 Å². The summed E-state index contributed by atoms with van der Waals surface area (Å²) >= 11 is 0. The average Bonchev–Trinajstić information content (AvgIpc) is 3.36. The number of carboxylic acid groups (broad SMARTS) is 1. The molecule has 0 atom stereocenters. The van der Waals surface area contributed by atoms with E-state index in [1.165, 1.54) is 12.1 Å². The number of halogens is 1. The normalized spacial score (nSPS) is 17.7. The summed E-state index contributed by atoms with van der Waals surface area (Å²) in [6, 6.07) is 13.7. The highest BCUT2D eigenvalue weighted by atomic mass is 19.1. The standard InChI is InChI=1S/C26H24FN5O3/c27-20-3-1-2-17(13-20)25-30-26(32-31-25)19-6-10-22(28-15-19)18-7-11-23(29-14-18)35-21-8-4-16(5-9-21)12-24(33)34/h1-3,6-7,10-11,13-16,21H,4-5,8-9,12H2,(H,33,34)(H,30,31,32)/t16-,21+. The molecule has 2 N–H and O–H groups in total. The number of aromatic nitrogens is 5. The lowest BCUT2D eigenvalue weighted by Gasteiger charge is -2.27. The highest BCUT2D eigenvalue weighted by Gasteiger charge is 2.24. The number of benzene rings is 1. The van der Waals surface area contributed by atoms with Crippen LogP contribution in [0.4, 0.5) is 4.39 Å². The highest BCUT2D eigenvalue weighted by molar-refractivity contribution is 5.67. The van der Waals surface area contributed by atoms with Crippen molar-refractivity contribution < 1.29 is 19.0 Å². The van der Waals surface area contributed by atoms with E-state index in [1.54, 1.807) is 24.5 Å². The Morgan fingerprint density at radius 2 is 1.69 bits per heavy atom. The molecule has 0 aliphatic heterocycles. The first-order chi connectivity index (χ1) is 17.0. The van der Waals surface area contributed by atoms with Crippen molar-refractivity contribution in [3.05, 3.63) is 66.7 Å². The molecule has 0 unspecified atom stereocenters. The maximum Gasteiger partial charge on any atom is 0.303 e. The van der Waals surface area contributed by atoms with Crippen molar-refractivity contribution in [1.82, 2.24) is 25.1 Å². The first-order valence-electron chi connectivity index (χ1n) is 11.5. The summed E-state index contributed by atoms with van der Waals surface area (Å²) in [5.41, 5.74) is 2.99. The van der Waals surface area contributed by atoms with Gasteiger partial charge in [0.1, 0.15) is 11.9 Å². The van der Waals surface area contributed by atoms with Gasteiger partial charge in [0.25, 0.3) is 0 Å². The molecular weight excluding hydrogens is 449 g/mol. The van der Waals surface area contributed by atoms with Gasteiger partial charge in [-0.05, 0) is 61.9 Å². The zero-order valence-corrected chi connectivity index (χ0v) is 18.9. The Hall–Kier alpha value is -4.14. The van der Waals surface area contributed by atoms with Gasteiger partial charge in [0, 0.05) is 41.6 Å². The number of carbonyl (C=O) groups is 1. The fraction of sp³-hybridized carbons (Fsp3) is 0.269. The van der Waals surface area contributed by atoms with Crippen LogP contribution in [0.5, 0.6) is 5.88 Å². The number of ether oxygens (including phenoxy) is 1. The van der Waals surface area contributed by atoms with Crippen molar-refractivity contribution in [1.29, 1.82) is 0 Å². The van der Waals surface area contributed by atoms with Crippen LogP contribution in [0.3, 0.4) is 0 Å². The van der Waals surface area contributed by atoms with Crippen LogP contribution in [0, 0.1) is 11.7 Å². The molecule has 178 valence electrons. The molecule has 1 fully saturated rings. The number of pyridine rings is 2. The van der Waals surface area contributed by atoms with Crippen molar-refractivity contribution in [2.75, 3.05) is 0 Å². The molecule has 1 aromatic carbocycles. The number of hydrogen-bond donors (Lipinski definition) is 2. The zero-order chi connectivity index (χ0) is 24.2. The van der Waals surface area contributed by atoms with Crippen molar-refractivity contribution in [2.45, 2.75) is 38.2 Å². The highest BCUT2D eigenvalue weighted by Crippen LogP contribution is 2.30. The van der Waals surface area contributed by atoms with Gasteiger partial charge in [-0.2, -0.15) is 0 Å². The van der Waals surface area contributed by atoms with E-state index in [-0.39, 0.29) is 24.3 Å². The number of aliphatic carboxylic acids is 1. The number of aromatic amines is 1. The van der Waals surface area contributed by atoms with E-state index in [4.69, 9.17) is 9.84 Å². The molecule has 1 saturated carbocycles. The molecule has 1 aliphatic carbocycles. The summed E-state index contributed by atoms with van der Waals surface area (Å²) in [6.07, 6.45) is 7.13. The van der Waals surface area contributed by atoms with Gasteiger partial charge in [-0.15, -0.1) is 10.2 Å². The predicted octanol–water partition coefficient (Wildman–Crippen LogP) is 5.15. The average molecular weight is 474 g/mol. The lowest BCUT2D eigenvalue weighted by Crippen LogP contribution is -2.25. The van der Waals surface area contributed by atoms with E-state index in [2.05, 4.69) is 25.1 Å². The molecule has 3 heterocycles. The number of rotatable bonds is 7. The van der Waals surface area contributed by atoms with E-state index in [0.717, 1.165) is 42.5 Å². The minimum absolute atomic E-state index is 0.0648. The van der Waals surface area contributed by atoms with Crippen LogP contribution in [0.15, 0.2) is 60.9 Å². The van der Waals surface area contributed by atoms with Gasteiger partial charge < -0.3 is 14.8 Å². The van der Waals surface area contributed by atoms with Crippen LogP contribution in [-0.4, -0.2) is 42.3 Å². The second-order valence-electron chi connectivity index (χ2n) is 8.71. The van der Waals surface area contributed by atoms with E-state index in [1.807, 2.05) is 24.3 Å². The fourth-order valence-corrected chi connectivity index (χ4v) is 4.34. The summed E-state index contributed by atoms with van der Waals surface area (Å²) < 4.78 is 19.5. The smallest absolute Gasteiger partial charge is 0.303 e. The summed E-state index contributed by atoms with van der Waals surface area (Å²) in [5, 5.41) is 17.2. The van der Waals surface area contributed by atoms with Crippen molar-refractivity contribution in [2.24, 2.45) is 5.92 Å². The third-order valence-electron chi connectivity index (χ3n) is 6.20. The fourth-order valence-electron chi connectivity index (χ4n) is 4.34. The van der Waals surface area contributed by atoms with Gasteiger partial charge in [0.05, 0.1) is 5.69 Å². The molecule has 0 saturated heterocycles. The number of nitrogens with zero attached hydrogens (tertiary/aromatic N) is 4. The Morgan fingerprint density at radius 3 is 2.34 bits per heavy atom. The van der Waals surface area contributed by atoms with Crippen molar-refractivity contribution >= 4 is 5.97 Å². The molecule has 35 heavy (non-hydrogen) atoms. The molecule has 0 radical (unpaired) electrons. The molecule has 8 nitrogen and oxygen atoms in total. The minimum atomic E-state index is -0.734. The summed E-state index contributed by atoms with van der Waals surface area (Å²) in [6.45, 7) is 0. The second kappa shape index (κ2) is 10.0. The maximum absolute atomic E-state index is 13.5. The Morgan fingerprint density at radius 1 is 0.943 bits per heavy atom. The van der Waals surface area contributed by atoms with Crippen LogP contribution < -0.4 is 4.74 Å². The van der Waals surface area contributed by atoms with Crippen LogP contribution in [0.2, 0.25) is 0 Å². The molecule has 1 aliphatic rings. The lowest BCUT2D eigenvalue weighted by atomic mass is 9.85. The van der Waals surface area contributed by atoms with Crippen LogP contribution in [0.25, 0.3) is 34.0 Å². The Bertz CT molecular complexity index is 1300. The van der Waals surface area contributed by atoms with Gasteiger partial charge >= 0.3 is 5.97 Å². The third kappa shape index (κ3) is 5.51. The topological polar surface area (TPSA) is 114 Å². The molecular formula is C26H24FN5O3. The molecule has 3 aromatic heterocycles. The van der Waals surface area contributed by atoms with Crippen molar-refractivity contribution in [3.63, 3.8) is 0 Å².